The third-order valence-electron chi connectivity index (χ3n) is 3.22. The largest absolute Gasteiger partial charge is 0.370 e. The molecule has 0 aliphatic rings. The lowest BCUT2D eigenvalue weighted by Crippen LogP contribution is -2.28. The molecular weight excluding hydrogens is 317 g/mol. The van der Waals surface area contributed by atoms with E-state index in [1.165, 1.54) is 24.4 Å². The number of hydrogen-bond donors (Lipinski definition) is 4. The molecule has 24 heavy (non-hydrogen) atoms. The highest BCUT2D eigenvalue weighted by molar-refractivity contribution is 6.00. The molecule has 0 bridgehead atoms. The maximum absolute atomic E-state index is 14.1. The Labute approximate surface area is 136 Å². The zero-order valence-corrected chi connectivity index (χ0v) is 12.6. The van der Waals surface area contributed by atoms with Gasteiger partial charge in [-0.15, -0.1) is 0 Å². The molecule has 6 N–H and O–H groups in total. The summed E-state index contributed by atoms with van der Waals surface area (Å²) in [7, 11) is 0. The van der Waals surface area contributed by atoms with E-state index in [1.54, 1.807) is 0 Å². The van der Waals surface area contributed by atoms with Crippen molar-refractivity contribution in [2.75, 3.05) is 6.54 Å². The second kappa shape index (κ2) is 7.36. The van der Waals surface area contributed by atoms with Crippen LogP contribution < -0.4 is 16.8 Å². The molecule has 0 unspecified atom stereocenters. The number of carbonyl (C=O) groups excluding carboxylic acids is 3. The molecule has 0 radical (unpaired) electrons. The SMILES string of the molecule is NC(=O)CCNC(=O)c1cn[nH]c1-c1cc(CC(N)=O)ccc1F. The third-order valence-corrected chi connectivity index (χ3v) is 3.22. The monoisotopic (exact) mass is 333 g/mol. The third kappa shape index (κ3) is 4.15. The molecule has 2 rings (SSSR count). The average molecular weight is 333 g/mol. The molecule has 1 heterocycles. The number of rotatable bonds is 7. The van der Waals surface area contributed by atoms with E-state index in [9.17, 15) is 18.8 Å². The number of nitrogens with one attached hydrogen (secondary N) is 2. The fraction of sp³-hybridized carbons (Fsp3) is 0.200. The van der Waals surface area contributed by atoms with Crippen LogP contribution in [0.4, 0.5) is 4.39 Å². The Morgan fingerprint density at radius 2 is 1.96 bits per heavy atom. The molecule has 0 saturated heterocycles. The van der Waals surface area contributed by atoms with Crippen molar-refractivity contribution >= 4 is 17.7 Å². The first-order valence-corrected chi connectivity index (χ1v) is 7.05. The smallest absolute Gasteiger partial charge is 0.255 e. The summed E-state index contributed by atoms with van der Waals surface area (Å²) in [6.45, 7) is 0.0585. The van der Waals surface area contributed by atoms with Crippen molar-refractivity contribution in [2.45, 2.75) is 12.8 Å². The van der Waals surface area contributed by atoms with Crippen LogP contribution in [-0.4, -0.2) is 34.5 Å². The van der Waals surface area contributed by atoms with Crippen LogP contribution in [0.1, 0.15) is 22.3 Å². The second-order valence-corrected chi connectivity index (χ2v) is 5.09. The molecule has 0 saturated carbocycles. The van der Waals surface area contributed by atoms with Gasteiger partial charge in [-0.2, -0.15) is 5.10 Å². The summed E-state index contributed by atoms with van der Waals surface area (Å²) in [5, 5.41) is 8.82. The minimum absolute atomic E-state index is 0.0125. The predicted molar refractivity (Wildman–Crippen MR) is 83.0 cm³/mol. The molecule has 3 amide bonds. The van der Waals surface area contributed by atoms with Gasteiger partial charge < -0.3 is 16.8 Å². The maximum Gasteiger partial charge on any atom is 0.255 e. The summed E-state index contributed by atoms with van der Waals surface area (Å²) >= 11 is 0. The highest BCUT2D eigenvalue weighted by Gasteiger charge is 2.18. The molecule has 0 aliphatic heterocycles. The van der Waals surface area contributed by atoms with Gasteiger partial charge in [0.05, 0.1) is 23.9 Å². The van der Waals surface area contributed by atoms with Crippen molar-refractivity contribution in [3.63, 3.8) is 0 Å². The van der Waals surface area contributed by atoms with E-state index in [0.29, 0.717) is 5.56 Å². The van der Waals surface area contributed by atoms with E-state index in [-0.39, 0.29) is 36.2 Å². The van der Waals surface area contributed by atoms with E-state index in [1.807, 2.05) is 0 Å². The van der Waals surface area contributed by atoms with E-state index in [2.05, 4.69) is 15.5 Å². The maximum atomic E-state index is 14.1. The first kappa shape index (κ1) is 17.1. The van der Waals surface area contributed by atoms with Gasteiger partial charge in [-0.25, -0.2) is 4.39 Å². The number of halogens is 1. The van der Waals surface area contributed by atoms with E-state index in [4.69, 9.17) is 11.5 Å². The van der Waals surface area contributed by atoms with Crippen molar-refractivity contribution < 1.29 is 18.8 Å². The lowest BCUT2D eigenvalue weighted by molar-refractivity contribution is -0.118. The second-order valence-electron chi connectivity index (χ2n) is 5.09. The number of aromatic nitrogens is 2. The predicted octanol–water partition coefficient (Wildman–Crippen LogP) is -0.151. The van der Waals surface area contributed by atoms with Crippen LogP contribution in [0.5, 0.6) is 0 Å². The van der Waals surface area contributed by atoms with Gasteiger partial charge in [0.15, 0.2) is 0 Å². The quantitative estimate of drug-likeness (QED) is 0.558. The summed E-state index contributed by atoms with van der Waals surface area (Å²) in [6, 6.07) is 4.05. The van der Waals surface area contributed by atoms with Crippen LogP contribution in [0.3, 0.4) is 0 Å². The number of nitrogens with zero attached hydrogens (tertiary/aromatic N) is 1. The Morgan fingerprint density at radius 3 is 2.62 bits per heavy atom. The molecule has 126 valence electrons. The van der Waals surface area contributed by atoms with Crippen LogP contribution in [0.25, 0.3) is 11.3 Å². The van der Waals surface area contributed by atoms with Crippen LogP contribution in [0.2, 0.25) is 0 Å². The number of hydrogen-bond acceptors (Lipinski definition) is 4. The number of amides is 3. The first-order valence-electron chi connectivity index (χ1n) is 7.05. The van der Waals surface area contributed by atoms with Gasteiger partial charge in [-0.3, -0.25) is 19.5 Å². The molecular formula is C15H16FN5O3. The highest BCUT2D eigenvalue weighted by Crippen LogP contribution is 2.25. The Hall–Kier alpha value is -3.23. The average Bonchev–Trinajstić information content (AvgIpc) is 2.97. The molecule has 9 heteroatoms. The number of carbonyl (C=O) groups is 3. The fourth-order valence-electron chi connectivity index (χ4n) is 2.13. The van der Waals surface area contributed by atoms with E-state index >= 15 is 0 Å². The fourth-order valence-corrected chi connectivity index (χ4v) is 2.13. The molecule has 0 atom stereocenters. The highest BCUT2D eigenvalue weighted by atomic mass is 19.1. The molecule has 8 nitrogen and oxygen atoms in total. The summed E-state index contributed by atoms with van der Waals surface area (Å²) in [4.78, 5) is 33.8. The van der Waals surface area contributed by atoms with Crippen LogP contribution in [0.15, 0.2) is 24.4 Å². The van der Waals surface area contributed by atoms with E-state index < -0.39 is 23.5 Å². The number of H-pyrrole nitrogens is 1. The van der Waals surface area contributed by atoms with Crippen LogP contribution in [-0.2, 0) is 16.0 Å². The van der Waals surface area contributed by atoms with Crippen molar-refractivity contribution in [1.29, 1.82) is 0 Å². The zero-order valence-electron chi connectivity index (χ0n) is 12.6. The number of primary amides is 2. The lowest BCUT2D eigenvalue weighted by Gasteiger charge is -2.07. The minimum atomic E-state index is -0.585. The Kier molecular flexibility index (Phi) is 5.25. The zero-order chi connectivity index (χ0) is 17.7. The van der Waals surface area contributed by atoms with Gasteiger partial charge in [-0.1, -0.05) is 6.07 Å². The lowest BCUT2D eigenvalue weighted by atomic mass is 10.0. The van der Waals surface area contributed by atoms with Crippen molar-refractivity contribution in [2.24, 2.45) is 11.5 Å². The minimum Gasteiger partial charge on any atom is -0.370 e. The summed E-state index contributed by atoms with van der Waals surface area (Å²) in [5.41, 5.74) is 11.0. The number of aromatic amines is 1. The van der Waals surface area contributed by atoms with Crippen molar-refractivity contribution in [3.05, 3.63) is 41.3 Å². The molecule has 0 spiro atoms. The van der Waals surface area contributed by atoms with E-state index in [0.717, 1.165) is 0 Å². The van der Waals surface area contributed by atoms with Gasteiger partial charge in [0.2, 0.25) is 11.8 Å². The van der Waals surface area contributed by atoms with Gasteiger partial charge in [0.1, 0.15) is 5.82 Å². The van der Waals surface area contributed by atoms with Gasteiger partial charge in [0, 0.05) is 18.5 Å². The van der Waals surface area contributed by atoms with Gasteiger partial charge in [-0.05, 0) is 17.7 Å². The summed E-state index contributed by atoms with van der Waals surface area (Å²) in [6.07, 6.45) is 1.18. The molecule has 0 fully saturated rings. The normalized spacial score (nSPS) is 10.4. The van der Waals surface area contributed by atoms with Gasteiger partial charge >= 0.3 is 0 Å². The number of nitrogens with two attached hydrogens (primary N) is 2. The van der Waals surface area contributed by atoms with Crippen LogP contribution >= 0.6 is 0 Å². The Bertz CT molecular complexity index is 787. The van der Waals surface area contributed by atoms with Crippen molar-refractivity contribution in [1.82, 2.24) is 15.5 Å². The molecule has 0 aliphatic carbocycles. The topological polar surface area (TPSA) is 144 Å². The van der Waals surface area contributed by atoms with Crippen molar-refractivity contribution in [3.8, 4) is 11.3 Å². The molecule has 1 aromatic heterocycles. The Morgan fingerprint density at radius 1 is 1.21 bits per heavy atom. The molecule has 2 aromatic rings. The summed E-state index contributed by atoms with van der Waals surface area (Å²) < 4.78 is 14.1. The first-order chi connectivity index (χ1) is 11.4. The van der Waals surface area contributed by atoms with Gasteiger partial charge in [0.25, 0.3) is 5.91 Å². The number of benzene rings is 1. The summed E-state index contributed by atoms with van der Waals surface area (Å²) in [5.74, 6) is -2.21. The standard InChI is InChI=1S/C15H16FN5O3/c16-11-2-1-8(6-13(18)23)5-9(11)14-10(7-20-21-14)15(24)19-4-3-12(17)22/h1-2,5,7H,3-4,6H2,(H2,17,22)(H2,18,23)(H,19,24)(H,20,21). The van der Waals surface area contributed by atoms with Crippen LogP contribution in [0, 0.1) is 5.82 Å². The molecule has 1 aromatic carbocycles. The Balaban J connectivity index is 2.27.